The number of methoxy groups -OCH3 is 1. The molecule has 0 fully saturated rings. The first kappa shape index (κ1) is 20.9. The highest BCUT2D eigenvalue weighted by Gasteiger charge is 2.14. The molecule has 0 saturated carbocycles. The normalized spacial score (nSPS) is 10.8. The molecule has 0 aliphatic rings. The van der Waals surface area contributed by atoms with E-state index in [2.05, 4.69) is 15.4 Å². The van der Waals surface area contributed by atoms with Crippen LogP contribution in [0.25, 0.3) is 0 Å². The van der Waals surface area contributed by atoms with Gasteiger partial charge in [0.1, 0.15) is 5.75 Å². The fourth-order valence-corrected chi connectivity index (χ4v) is 3.93. The van der Waals surface area contributed by atoms with E-state index in [1.54, 1.807) is 55.6 Å². The van der Waals surface area contributed by atoms with Crippen LogP contribution in [0.15, 0.2) is 77.7 Å². The maximum absolute atomic E-state index is 12.5. The lowest BCUT2D eigenvalue weighted by molar-refractivity contribution is 0.415. The summed E-state index contributed by atoms with van der Waals surface area (Å²) in [7, 11) is -2.17. The van der Waals surface area contributed by atoms with Crippen LogP contribution >= 0.6 is 23.8 Å². The summed E-state index contributed by atoms with van der Waals surface area (Å²) in [4.78, 5) is 0.132. The second-order valence-electron chi connectivity index (χ2n) is 5.95. The van der Waals surface area contributed by atoms with Crippen LogP contribution in [0.3, 0.4) is 0 Å². The van der Waals surface area contributed by atoms with Gasteiger partial charge in [0.25, 0.3) is 10.0 Å². The maximum Gasteiger partial charge on any atom is 0.261 e. The molecule has 0 aliphatic heterocycles. The van der Waals surface area contributed by atoms with E-state index in [4.69, 9.17) is 28.6 Å². The largest absolute Gasteiger partial charge is 0.497 e. The smallest absolute Gasteiger partial charge is 0.261 e. The van der Waals surface area contributed by atoms with Gasteiger partial charge in [-0.3, -0.25) is 4.72 Å². The Morgan fingerprint density at radius 1 is 0.897 bits per heavy atom. The number of halogens is 1. The average molecular weight is 448 g/mol. The lowest BCUT2D eigenvalue weighted by Crippen LogP contribution is -2.19. The molecule has 9 heteroatoms. The maximum atomic E-state index is 12.5. The van der Waals surface area contributed by atoms with Crippen LogP contribution < -0.4 is 20.1 Å². The summed E-state index contributed by atoms with van der Waals surface area (Å²) >= 11 is 11.2. The van der Waals surface area contributed by atoms with Crippen molar-refractivity contribution in [1.29, 1.82) is 0 Å². The molecular weight excluding hydrogens is 430 g/mol. The predicted molar refractivity (Wildman–Crippen MR) is 122 cm³/mol. The van der Waals surface area contributed by atoms with Crippen molar-refractivity contribution in [3.8, 4) is 5.75 Å². The van der Waals surface area contributed by atoms with Gasteiger partial charge in [-0.1, -0.05) is 17.7 Å². The molecule has 6 nitrogen and oxygen atoms in total. The van der Waals surface area contributed by atoms with Crippen molar-refractivity contribution in [3.05, 3.63) is 77.8 Å². The van der Waals surface area contributed by atoms with E-state index in [-0.39, 0.29) is 4.90 Å². The number of rotatable bonds is 6. The molecule has 0 heterocycles. The van der Waals surface area contributed by atoms with Gasteiger partial charge >= 0.3 is 0 Å². The Balaban J connectivity index is 1.64. The minimum Gasteiger partial charge on any atom is -0.497 e. The number of anilines is 3. The van der Waals surface area contributed by atoms with Crippen LogP contribution in [0, 0.1) is 0 Å². The first-order valence-corrected chi connectivity index (χ1v) is 10.7. The van der Waals surface area contributed by atoms with Crippen LogP contribution in [0.1, 0.15) is 0 Å². The van der Waals surface area contributed by atoms with Crippen LogP contribution in [-0.2, 0) is 10.0 Å². The summed E-state index contributed by atoms with van der Waals surface area (Å²) in [6, 6.07) is 20.0. The zero-order valence-electron chi connectivity index (χ0n) is 15.3. The van der Waals surface area contributed by atoms with E-state index in [1.807, 2.05) is 12.1 Å². The number of ether oxygens (including phenoxy) is 1. The van der Waals surface area contributed by atoms with Gasteiger partial charge in [0, 0.05) is 22.1 Å². The van der Waals surface area contributed by atoms with E-state index >= 15 is 0 Å². The zero-order valence-corrected chi connectivity index (χ0v) is 17.7. The highest BCUT2D eigenvalue weighted by Crippen LogP contribution is 2.21. The molecule has 150 valence electrons. The SMILES string of the molecule is COc1ccc(NS(=O)(=O)c2ccc(NC(=S)Nc3cccc(Cl)c3)cc2)cc1. The first-order chi connectivity index (χ1) is 13.9. The second kappa shape index (κ2) is 9.13. The van der Waals surface area contributed by atoms with Gasteiger partial charge in [0.05, 0.1) is 12.0 Å². The lowest BCUT2D eigenvalue weighted by atomic mass is 10.3. The summed E-state index contributed by atoms with van der Waals surface area (Å²) < 4.78 is 32.7. The van der Waals surface area contributed by atoms with Crippen molar-refractivity contribution in [2.75, 3.05) is 22.5 Å². The van der Waals surface area contributed by atoms with Crippen LogP contribution in [0.4, 0.5) is 17.1 Å². The molecule has 0 spiro atoms. The van der Waals surface area contributed by atoms with Gasteiger partial charge in [0.2, 0.25) is 0 Å². The summed E-state index contributed by atoms with van der Waals surface area (Å²) in [5.41, 5.74) is 1.84. The van der Waals surface area contributed by atoms with Gasteiger partial charge in [-0.25, -0.2) is 8.42 Å². The predicted octanol–water partition coefficient (Wildman–Crippen LogP) is 4.96. The van der Waals surface area contributed by atoms with E-state index in [9.17, 15) is 8.42 Å². The molecule has 0 saturated heterocycles. The summed E-state index contributed by atoms with van der Waals surface area (Å²) in [5, 5.41) is 6.97. The Morgan fingerprint density at radius 3 is 2.14 bits per heavy atom. The fraction of sp³-hybridized carbons (Fsp3) is 0.0500. The molecule has 0 unspecified atom stereocenters. The molecule has 3 rings (SSSR count). The third kappa shape index (κ3) is 5.83. The van der Waals surface area contributed by atoms with Crippen LogP contribution in [-0.4, -0.2) is 20.6 Å². The quantitative estimate of drug-likeness (QED) is 0.463. The Labute approximate surface area is 179 Å². The van der Waals surface area contributed by atoms with Crippen molar-refractivity contribution in [3.63, 3.8) is 0 Å². The Morgan fingerprint density at radius 2 is 1.52 bits per heavy atom. The number of nitrogens with one attached hydrogen (secondary N) is 3. The number of thiocarbonyl (C=S) groups is 1. The molecule has 0 radical (unpaired) electrons. The topological polar surface area (TPSA) is 79.5 Å². The van der Waals surface area contributed by atoms with Crippen molar-refractivity contribution in [2.24, 2.45) is 0 Å². The Bertz CT molecular complexity index is 1100. The number of sulfonamides is 1. The van der Waals surface area contributed by atoms with Gasteiger partial charge in [-0.2, -0.15) is 0 Å². The molecule has 3 N–H and O–H groups in total. The highest BCUT2D eigenvalue weighted by atomic mass is 35.5. The van der Waals surface area contributed by atoms with E-state index in [0.717, 1.165) is 5.69 Å². The third-order valence-electron chi connectivity index (χ3n) is 3.85. The van der Waals surface area contributed by atoms with Crippen LogP contribution in [0.5, 0.6) is 5.75 Å². The summed E-state index contributed by atoms with van der Waals surface area (Å²) in [6.07, 6.45) is 0. The number of benzene rings is 3. The third-order valence-corrected chi connectivity index (χ3v) is 5.68. The Kier molecular flexibility index (Phi) is 6.58. The van der Waals surface area contributed by atoms with Gasteiger partial charge in [-0.15, -0.1) is 0 Å². The minimum absolute atomic E-state index is 0.132. The fourth-order valence-electron chi connectivity index (χ4n) is 2.45. The molecule has 3 aromatic rings. The van der Waals surface area contributed by atoms with Gasteiger partial charge < -0.3 is 15.4 Å². The molecule has 0 aliphatic carbocycles. The molecule has 3 aromatic carbocycles. The molecule has 29 heavy (non-hydrogen) atoms. The zero-order chi connectivity index (χ0) is 20.9. The van der Waals surface area contributed by atoms with Crippen molar-refractivity contribution < 1.29 is 13.2 Å². The number of hydrogen-bond acceptors (Lipinski definition) is 4. The van der Waals surface area contributed by atoms with Gasteiger partial charge in [-0.05, 0) is 78.9 Å². The molecule has 0 aromatic heterocycles. The molecule has 0 amide bonds. The Hall–Kier alpha value is -2.81. The van der Waals surface area contributed by atoms with Gasteiger partial charge in [0.15, 0.2) is 5.11 Å². The second-order valence-corrected chi connectivity index (χ2v) is 8.47. The van der Waals surface area contributed by atoms with E-state index in [1.165, 1.54) is 12.1 Å². The van der Waals surface area contributed by atoms with Crippen molar-refractivity contribution in [1.82, 2.24) is 0 Å². The van der Waals surface area contributed by atoms with Crippen molar-refractivity contribution in [2.45, 2.75) is 4.90 Å². The van der Waals surface area contributed by atoms with Crippen molar-refractivity contribution >= 4 is 56.0 Å². The molecular formula is C20H18ClN3O3S2. The van der Waals surface area contributed by atoms with E-state index in [0.29, 0.717) is 27.3 Å². The van der Waals surface area contributed by atoms with Crippen LogP contribution in [0.2, 0.25) is 5.02 Å². The standard InChI is InChI=1S/C20H18ClN3O3S2/c1-27-18-9-5-16(6-10-18)24-29(25,26)19-11-7-15(8-12-19)22-20(28)23-17-4-2-3-14(21)13-17/h2-13,24H,1H3,(H2,22,23,28). The molecule has 0 atom stereocenters. The highest BCUT2D eigenvalue weighted by molar-refractivity contribution is 7.92. The molecule has 0 bridgehead atoms. The summed E-state index contributed by atoms with van der Waals surface area (Å²) in [6.45, 7) is 0. The minimum atomic E-state index is -3.71. The summed E-state index contributed by atoms with van der Waals surface area (Å²) in [5.74, 6) is 0.644. The monoisotopic (exact) mass is 447 g/mol. The average Bonchev–Trinajstić information content (AvgIpc) is 2.68. The van der Waals surface area contributed by atoms with E-state index < -0.39 is 10.0 Å². The number of hydrogen-bond donors (Lipinski definition) is 3. The first-order valence-electron chi connectivity index (χ1n) is 8.46. The lowest BCUT2D eigenvalue weighted by Gasteiger charge is -2.12.